The fourth-order valence-electron chi connectivity index (χ4n) is 1.65. The van der Waals surface area contributed by atoms with Gasteiger partial charge >= 0.3 is 0 Å². The molecule has 0 aromatic carbocycles. The lowest BCUT2D eigenvalue weighted by atomic mass is 10.2. The summed E-state index contributed by atoms with van der Waals surface area (Å²) in [7, 11) is 0. The zero-order chi connectivity index (χ0) is 11.5. The second kappa shape index (κ2) is 4.43. The van der Waals surface area contributed by atoms with Crippen molar-refractivity contribution in [2.24, 2.45) is 10.2 Å². The fourth-order valence-corrected chi connectivity index (χ4v) is 2.10. The summed E-state index contributed by atoms with van der Waals surface area (Å²) >= 11 is 1.48. The molecule has 0 N–H and O–H groups in total. The molecule has 0 spiro atoms. The maximum Gasteiger partial charge on any atom is 0.229 e. The number of aromatic nitrogens is 1. The standard InChI is InChI=1S/C13H9N3S/c1-2-4-10-6-7-12(11(10)5-3-1)15-16-13-14-8-9-17-13/h1-9H. The second-order valence-electron chi connectivity index (χ2n) is 3.51. The minimum atomic E-state index is 0.680. The van der Waals surface area contributed by atoms with E-state index >= 15 is 0 Å². The molecular formula is C13H9N3S. The average Bonchev–Trinajstić information content (AvgIpc) is 2.92. The van der Waals surface area contributed by atoms with Gasteiger partial charge in [0.15, 0.2) is 0 Å². The Labute approximate surface area is 103 Å². The van der Waals surface area contributed by atoms with Crippen molar-refractivity contribution in [2.45, 2.75) is 0 Å². The van der Waals surface area contributed by atoms with Crippen molar-refractivity contribution in [3.63, 3.8) is 0 Å². The lowest BCUT2D eigenvalue weighted by Crippen LogP contribution is -1.65. The Balaban J connectivity index is 1.98. The van der Waals surface area contributed by atoms with E-state index in [1.54, 1.807) is 6.20 Å². The van der Waals surface area contributed by atoms with E-state index in [1.165, 1.54) is 16.9 Å². The summed E-state index contributed by atoms with van der Waals surface area (Å²) in [5.74, 6) is 0. The van der Waals surface area contributed by atoms with Gasteiger partial charge in [0.05, 0.1) is 5.69 Å². The molecule has 0 amide bonds. The normalized spacial score (nSPS) is 11.3. The Kier molecular flexibility index (Phi) is 2.63. The van der Waals surface area contributed by atoms with Crippen LogP contribution in [0.4, 0.5) is 10.8 Å². The van der Waals surface area contributed by atoms with Gasteiger partial charge in [0.2, 0.25) is 5.13 Å². The van der Waals surface area contributed by atoms with Gasteiger partial charge in [-0.1, -0.05) is 36.4 Å². The first kappa shape index (κ1) is 10.1. The van der Waals surface area contributed by atoms with E-state index in [-0.39, 0.29) is 0 Å². The molecule has 0 aliphatic heterocycles. The van der Waals surface area contributed by atoms with Crippen LogP contribution in [0, 0.1) is 0 Å². The van der Waals surface area contributed by atoms with Gasteiger partial charge in [0.1, 0.15) is 0 Å². The average molecular weight is 239 g/mol. The molecule has 0 saturated heterocycles. The SMILES string of the molecule is c1ccc2ccc(N=Nc3nccs3)c-2cc1. The van der Waals surface area contributed by atoms with Crippen molar-refractivity contribution in [3.8, 4) is 11.1 Å². The minimum absolute atomic E-state index is 0.680. The highest BCUT2D eigenvalue weighted by Gasteiger charge is 2.06. The van der Waals surface area contributed by atoms with Crippen molar-refractivity contribution in [2.75, 3.05) is 0 Å². The molecule has 1 aromatic heterocycles. The molecule has 82 valence electrons. The Morgan fingerprint density at radius 3 is 2.76 bits per heavy atom. The van der Waals surface area contributed by atoms with Crippen molar-refractivity contribution >= 4 is 22.2 Å². The van der Waals surface area contributed by atoms with Crippen LogP contribution in [-0.4, -0.2) is 4.98 Å². The third-order valence-corrected chi connectivity index (χ3v) is 3.09. The summed E-state index contributed by atoms with van der Waals surface area (Å²) < 4.78 is 0. The number of hydrogen-bond acceptors (Lipinski definition) is 4. The molecule has 3 nitrogen and oxygen atoms in total. The molecule has 1 heterocycles. The van der Waals surface area contributed by atoms with Crippen molar-refractivity contribution < 1.29 is 0 Å². The molecule has 2 aliphatic rings. The molecule has 0 atom stereocenters. The zero-order valence-electron chi connectivity index (χ0n) is 8.95. The summed E-state index contributed by atoms with van der Waals surface area (Å²) in [6.07, 6.45) is 1.72. The number of azo groups is 1. The van der Waals surface area contributed by atoms with Gasteiger partial charge < -0.3 is 0 Å². The Bertz CT molecular complexity index is 616. The molecule has 17 heavy (non-hydrogen) atoms. The number of thiazole rings is 1. The topological polar surface area (TPSA) is 37.6 Å². The highest BCUT2D eigenvalue weighted by Crippen LogP contribution is 2.34. The first-order chi connectivity index (χ1) is 8.43. The van der Waals surface area contributed by atoms with E-state index in [4.69, 9.17) is 0 Å². The smallest absolute Gasteiger partial charge is 0.226 e. The minimum Gasteiger partial charge on any atom is -0.226 e. The summed E-state index contributed by atoms with van der Waals surface area (Å²) in [5, 5.41) is 10.9. The van der Waals surface area contributed by atoms with E-state index < -0.39 is 0 Å². The van der Waals surface area contributed by atoms with Crippen LogP contribution in [0.1, 0.15) is 0 Å². The van der Waals surface area contributed by atoms with Gasteiger partial charge in [-0.3, -0.25) is 0 Å². The van der Waals surface area contributed by atoms with E-state index in [1.807, 2.05) is 41.8 Å². The van der Waals surface area contributed by atoms with E-state index in [9.17, 15) is 0 Å². The third kappa shape index (κ3) is 2.07. The quantitative estimate of drug-likeness (QED) is 0.599. The molecule has 0 bridgehead atoms. The fraction of sp³-hybridized carbons (Fsp3) is 0. The van der Waals surface area contributed by atoms with Gasteiger partial charge in [0, 0.05) is 17.1 Å². The molecule has 3 rings (SSSR count). The van der Waals surface area contributed by atoms with Crippen LogP contribution >= 0.6 is 11.3 Å². The molecule has 1 aromatic rings. The summed E-state index contributed by atoms with van der Waals surface area (Å²) in [4.78, 5) is 4.07. The van der Waals surface area contributed by atoms with Crippen LogP contribution in [0.15, 0.2) is 64.3 Å². The Hall–Kier alpha value is -2.07. The summed E-state index contributed by atoms with van der Waals surface area (Å²) in [5.41, 5.74) is 3.16. The highest BCUT2D eigenvalue weighted by molar-refractivity contribution is 7.13. The Morgan fingerprint density at radius 1 is 0.941 bits per heavy atom. The first-order valence-corrected chi connectivity index (χ1v) is 6.10. The molecule has 0 saturated carbocycles. The number of nitrogens with zero attached hydrogens (tertiary/aromatic N) is 3. The summed E-state index contributed by atoms with van der Waals surface area (Å²) in [6.45, 7) is 0. The third-order valence-electron chi connectivity index (χ3n) is 2.43. The predicted molar refractivity (Wildman–Crippen MR) is 69.4 cm³/mol. The lowest BCUT2D eigenvalue weighted by molar-refractivity contribution is 1.20. The number of fused-ring (bicyclic) bond motifs is 1. The number of rotatable bonds is 2. The van der Waals surface area contributed by atoms with Crippen molar-refractivity contribution in [1.82, 2.24) is 4.98 Å². The molecule has 0 fully saturated rings. The van der Waals surface area contributed by atoms with Gasteiger partial charge in [0.25, 0.3) is 0 Å². The maximum absolute atomic E-state index is 4.24. The molecular weight excluding hydrogens is 230 g/mol. The van der Waals surface area contributed by atoms with Crippen LogP contribution in [0.25, 0.3) is 11.1 Å². The van der Waals surface area contributed by atoms with Gasteiger partial charge in [-0.05, 0) is 11.6 Å². The lowest BCUT2D eigenvalue weighted by Gasteiger charge is -1.92. The van der Waals surface area contributed by atoms with Crippen LogP contribution in [0.5, 0.6) is 0 Å². The van der Waals surface area contributed by atoms with Gasteiger partial charge in [-0.2, -0.15) is 0 Å². The zero-order valence-corrected chi connectivity index (χ0v) is 9.76. The molecule has 0 radical (unpaired) electrons. The van der Waals surface area contributed by atoms with Crippen LogP contribution in [0.3, 0.4) is 0 Å². The van der Waals surface area contributed by atoms with Crippen LogP contribution < -0.4 is 0 Å². The van der Waals surface area contributed by atoms with Gasteiger partial charge in [-0.25, -0.2) is 4.98 Å². The molecule has 2 aliphatic carbocycles. The first-order valence-electron chi connectivity index (χ1n) is 5.22. The number of hydrogen-bond donors (Lipinski definition) is 0. The van der Waals surface area contributed by atoms with E-state index in [2.05, 4.69) is 21.3 Å². The highest BCUT2D eigenvalue weighted by atomic mass is 32.1. The Morgan fingerprint density at radius 2 is 1.88 bits per heavy atom. The molecule has 0 unspecified atom stereocenters. The molecule has 4 heteroatoms. The second-order valence-corrected chi connectivity index (χ2v) is 4.39. The monoisotopic (exact) mass is 239 g/mol. The van der Waals surface area contributed by atoms with Crippen molar-refractivity contribution in [1.29, 1.82) is 0 Å². The maximum atomic E-state index is 4.24. The van der Waals surface area contributed by atoms with Gasteiger partial charge in [-0.15, -0.1) is 21.6 Å². The van der Waals surface area contributed by atoms with Crippen LogP contribution in [-0.2, 0) is 0 Å². The summed E-state index contributed by atoms with van der Waals surface area (Å²) in [6, 6.07) is 14.2. The van der Waals surface area contributed by atoms with E-state index in [0.717, 1.165) is 11.3 Å². The van der Waals surface area contributed by atoms with E-state index in [0.29, 0.717) is 5.13 Å². The largest absolute Gasteiger partial charge is 0.229 e. The van der Waals surface area contributed by atoms with Crippen LogP contribution in [0.2, 0.25) is 0 Å². The van der Waals surface area contributed by atoms with Crippen molar-refractivity contribution in [3.05, 3.63) is 54.0 Å². The predicted octanol–water partition coefficient (Wildman–Crippen LogP) is 4.66.